The van der Waals surface area contributed by atoms with Gasteiger partial charge < -0.3 is 5.11 Å². The molecule has 0 amide bonds. The van der Waals surface area contributed by atoms with Crippen LogP contribution in [0.4, 0.5) is 0 Å². The molecule has 15 heavy (non-hydrogen) atoms. The normalized spacial score (nSPS) is 20.4. The smallest absolute Gasteiger partial charge is 0.0811 e. The molecule has 0 aromatic carbocycles. The Hall–Kier alpha value is 0.490. The van der Waals surface area contributed by atoms with Crippen molar-refractivity contribution in [3.05, 3.63) is 20.8 Å². The van der Waals surface area contributed by atoms with Gasteiger partial charge in [-0.1, -0.05) is 0 Å². The Balaban J connectivity index is 1.91. The molecule has 0 bridgehead atoms. The third kappa shape index (κ3) is 3.22. The summed E-state index contributed by atoms with van der Waals surface area (Å²) in [6.45, 7) is 0. The summed E-state index contributed by atoms with van der Waals surface area (Å²) in [7, 11) is 0. The third-order valence-electron chi connectivity index (χ3n) is 2.90. The highest BCUT2D eigenvalue weighted by molar-refractivity contribution is 9.10. The molecule has 84 valence electrons. The molecule has 0 saturated carbocycles. The zero-order valence-electron chi connectivity index (χ0n) is 8.49. The highest BCUT2D eigenvalue weighted by atomic mass is 79.9. The number of thiophene rings is 1. The standard InChI is InChI=1S/C11H15BrOS2/c12-10-7-15-6-9(10)11(13)5-8-1-3-14-4-2-8/h6-8,11,13H,1-5H2. The molecule has 1 N–H and O–H groups in total. The minimum absolute atomic E-state index is 0.279. The van der Waals surface area contributed by atoms with Gasteiger partial charge in [-0.3, -0.25) is 0 Å². The maximum Gasteiger partial charge on any atom is 0.0811 e. The third-order valence-corrected chi connectivity index (χ3v) is 5.70. The van der Waals surface area contributed by atoms with E-state index < -0.39 is 0 Å². The number of aliphatic hydroxyl groups excluding tert-OH is 1. The summed E-state index contributed by atoms with van der Waals surface area (Å²) in [5.41, 5.74) is 1.07. The van der Waals surface area contributed by atoms with Gasteiger partial charge >= 0.3 is 0 Å². The van der Waals surface area contributed by atoms with E-state index in [9.17, 15) is 5.11 Å². The SMILES string of the molecule is OC(CC1CCSCC1)c1cscc1Br. The lowest BCUT2D eigenvalue weighted by Crippen LogP contribution is -2.13. The van der Waals surface area contributed by atoms with E-state index in [1.165, 1.54) is 24.3 Å². The highest BCUT2D eigenvalue weighted by Gasteiger charge is 2.20. The van der Waals surface area contributed by atoms with E-state index in [2.05, 4.69) is 15.9 Å². The molecule has 1 aliphatic heterocycles. The predicted molar refractivity (Wildman–Crippen MR) is 71.6 cm³/mol. The molecule has 2 rings (SSSR count). The van der Waals surface area contributed by atoms with Crippen molar-refractivity contribution < 1.29 is 5.11 Å². The minimum Gasteiger partial charge on any atom is -0.388 e. The van der Waals surface area contributed by atoms with E-state index >= 15 is 0 Å². The second kappa shape index (κ2) is 5.71. The Morgan fingerprint density at radius 3 is 2.73 bits per heavy atom. The number of rotatable bonds is 3. The fraction of sp³-hybridized carbons (Fsp3) is 0.636. The van der Waals surface area contributed by atoms with Crippen molar-refractivity contribution in [2.45, 2.75) is 25.4 Å². The van der Waals surface area contributed by atoms with Gasteiger partial charge in [0.2, 0.25) is 0 Å². The fourth-order valence-corrected chi connectivity index (χ4v) is 4.77. The van der Waals surface area contributed by atoms with Crippen LogP contribution in [-0.2, 0) is 0 Å². The second-order valence-electron chi connectivity index (χ2n) is 3.98. The average molecular weight is 307 g/mol. The van der Waals surface area contributed by atoms with E-state index in [1.54, 1.807) is 11.3 Å². The van der Waals surface area contributed by atoms with E-state index in [-0.39, 0.29) is 6.10 Å². The van der Waals surface area contributed by atoms with Gasteiger partial charge in [-0.15, -0.1) is 0 Å². The first-order valence-corrected chi connectivity index (χ1v) is 8.14. The topological polar surface area (TPSA) is 20.2 Å². The first-order valence-electron chi connectivity index (χ1n) is 5.24. The Kier molecular flexibility index (Phi) is 4.55. The molecule has 0 aliphatic carbocycles. The quantitative estimate of drug-likeness (QED) is 0.908. The van der Waals surface area contributed by atoms with Crippen LogP contribution in [-0.4, -0.2) is 16.6 Å². The molecule has 1 atom stereocenters. The number of hydrogen-bond donors (Lipinski definition) is 1. The Bertz CT molecular complexity index is 307. The Labute approximate surface area is 107 Å². The highest BCUT2D eigenvalue weighted by Crippen LogP contribution is 2.34. The van der Waals surface area contributed by atoms with Crippen LogP contribution in [0.5, 0.6) is 0 Å². The molecule has 0 radical (unpaired) electrons. The lowest BCUT2D eigenvalue weighted by molar-refractivity contribution is 0.141. The van der Waals surface area contributed by atoms with Gasteiger partial charge in [-0.2, -0.15) is 23.1 Å². The van der Waals surface area contributed by atoms with Gasteiger partial charge in [0.25, 0.3) is 0 Å². The molecule has 1 fully saturated rings. The van der Waals surface area contributed by atoms with Gasteiger partial charge in [0.05, 0.1) is 6.10 Å². The number of hydrogen-bond acceptors (Lipinski definition) is 3. The summed E-state index contributed by atoms with van der Waals surface area (Å²) in [5.74, 6) is 3.25. The van der Waals surface area contributed by atoms with Crippen LogP contribution in [0.3, 0.4) is 0 Å². The molecule has 1 nitrogen and oxygen atoms in total. The maximum atomic E-state index is 10.1. The molecule has 1 saturated heterocycles. The first-order chi connectivity index (χ1) is 7.27. The number of thioether (sulfide) groups is 1. The summed E-state index contributed by atoms with van der Waals surface area (Å²) in [6.07, 6.45) is 3.18. The molecule has 4 heteroatoms. The molecule has 1 aromatic heterocycles. The van der Waals surface area contributed by atoms with Crippen molar-refractivity contribution in [2.75, 3.05) is 11.5 Å². The van der Waals surface area contributed by atoms with E-state index in [4.69, 9.17) is 0 Å². The van der Waals surface area contributed by atoms with Crippen molar-refractivity contribution >= 4 is 39.0 Å². The monoisotopic (exact) mass is 306 g/mol. The van der Waals surface area contributed by atoms with Crippen molar-refractivity contribution in [3.63, 3.8) is 0 Å². The molecule has 1 aliphatic rings. The van der Waals surface area contributed by atoms with Crippen molar-refractivity contribution in [2.24, 2.45) is 5.92 Å². The Morgan fingerprint density at radius 2 is 2.13 bits per heavy atom. The summed E-state index contributed by atoms with van der Waals surface area (Å²) in [6, 6.07) is 0. The fourth-order valence-electron chi connectivity index (χ4n) is 1.95. The molecule has 0 spiro atoms. The average Bonchev–Trinajstić information content (AvgIpc) is 2.66. The maximum absolute atomic E-state index is 10.1. The van der Waals surface area contributed by atoms with Gasteiger partial charge in [-0.25, -0.2) is 0 Å². The van der Waals surface area contributed by atoms with Gasteiger partial charge in [-0.05, 0) is 58.0 Å². The van der Waals surface area contributed by atoms with Crippen LogP contribution >= 0.6 is 39.0 Å². The van der Waals surface area contributed by atoms with E-state index in [0.29, 0.717) is 5.92 Å². The minimum atomic E-state index is -0.279. The number of aliphatic hydroxyl groups is 1. The molecular formula is C11H15BrOS2. The predicted octanol–water partition coefficient (Wildman–Crippen LogP) is 4.08. The number of halogens is 1. The van der Waals surface area contributed by atoms with Crippen LogP contribution in [0, 0.1) is 5.92 Å². The zero-order chi connectivity index (χ0) is 10.7. The molecule has 2 heterocycles. The van der Waals surface area contributed by atoms with Crippen molar-refractivity contribution in [1.82, 2.24) is 0 Å². The van der Waals surface area contributed by atoms with Crippen LogP contribution in [0.15, 0.2) is 15.2 Å². The lowest BCUT2D eigenvalue weighted by Gasteiger charge is -2.23. The van der Waals surface area contributed by atoms with Crippen LogP contribution in [0.1, 0.15) is 30.9 Å². The Morgan fingerprint density at radius 1 is 1.40 bits per heavy atom. The molecular weight excluding hydrogens is 292 g/mol. The van der Waals surface area contributed by atoms with E-state index in [1.807, 2.05) is 22.5 Å². The largest absolute Gasteiger partial charge is 0.388 e. The van der Waals surface area contributed by atoms with Crippen LogP contribution in [0.2, 0.25) is 0 Å². The summed E-state index contributed by atoms with van der Waals surface area (Å²) in [5, 5.41) is 14.2. The summed E-state index contributed by atoms with van der Waals surface area (Å²) >= 11 is 7.16. The lowest BCUT2D eigenvalue weighted by atomic mass is 9.93. The van der Waals surface area contributed by atoms with Gasteiger partial charge in [0.15, 0.2) is 0 Å². The second-order valence-corrected chi connectivity index (χ2v) is 6.80. The van der Waals surface area contributed by atoms with Crippen LogP contribution in [0.25, 0.3) is 0 Å². The first kappa shape index (κ1) is 12.0. The molecule has 1 aromatic rings. The van der Waals surface area contributed by atoms with Gasteiger partial charge in [0.1, 0.15) is 0 Å². The van der Waals surface area contributed by atoms with Crippen molar-refractivity contribution in [1.29, 1.82) is 0 Å². The van der Waals surface area contributed by atoms with Gasteiger partial charge in [0, 0.05) is 15.4 Å². The zero-order valence-corrected chi connectivity index (χ0v) is 11.7. The van der Waals surface area contributed by atoms with Crippen LogP contribution < -0.4 is 0 Å². The summed E-state index contributed by atoms with van der Waals surface area (Å²) in [4.78, 5) is 0. The van der Waals surface area contributed by atoms with Crippen molar-refractivity contribution in [3.8, 4) is 0 Å². The van der Waals surface area contributed by atoms with E-state index in [0.717, 1.165) is 16.5 Å². The molecule has 1 unspecified atom stereocenters. The summed E-state index contributed by atoms with van der Waals surface area (Å²) < 4.78 is 1.06.